The predicted molar refractivity (Wildman–Crippen MR) is 67.8 cm³/mol. The Balaban J connectivity index is 2.23. The summed E-state index contributed by atoms with van der Waals surface area (Å²) in [7, 11) is 0. The zero-order valence-corrected chi connectivity index (χ0v) is 9.35. The highest BCUT2D eigenvalue weighted by Gasteiger charge is 2.04. The van der Waals surface area contributed by atoms with Gasteiger partial charge in [0, 0.05) is 11.8 Å². The summed E-state index contributed by atoms with van der Waals surface area (Å²) in [5.74, 6) is -0.305. The lowest BCUT2D eigenvalue weighted by atomic mass is 10.1. The van der Waals surface area contributed by atoms with Crippen molar-refractivity contribution in [2.45, 2.75) is 0 Å². The highest BCUT2D eigenvalue weighted by atomic mass is 19.1. The van der Waals surface area contributed by atoms with Crippen LogP contribution in [-0.2, 0) is 0 Å². The standard InChI is InChI=1S/C14H9FN2O/c15-10-3-1-2-9(8-10)12-5-4-11-13(17-12)6-7-16-14(11)18/h1-8H,(H,16,18). The summed E-state index contributed by atoms with van der Waals surface area (Å²) in [6, 6.07) is 11.3. The van der Waals surface area contributed by atoms with Gasteiger partial charge in [-0.2, -0.15) is 0 Å². The highest BCUT2D eigenvalue weighted by molar-refractivity contribution is 5.80. The average Bonchev–Trinajstić information content (AvgIpc) is 2.39. The molecule has 3 nitrogen and oxygen atoms in total. The Morgan fingerprint density at radius 3 is 2.83 bits per heavy atom. The fourth-order valence-corrected chi connectivity index (χ4v) is 1.88. The Labute approximate surface area is 102 Å². The summed E-state index contributed by atoms with van der Waals surface area (Å²) in [5.41, 5.74) is 1.76. The minimum absolute atomic E-state index is 0.175. The van der Waals surface area contributed by atoms with E-state index in [4.69, 9.17) is 0 Å². The highest BCUT2D eigenvalue weighted by Crippen LogP contribution is 2.19. The van der Waals surface area contributed by atoms with Crippen LogP contribution >= 0.6 is 0 Å². The summed E-state index contributed by atoms with van der Waals surface area (Å²) in [5, 5.41) is 0.526. The number of nitrogens with zero attached hydrogens (tertiary/aromatic N) is 1. The van der Waals surface area contributed by atoms with Crippen molar-refractivity contribution in [2.24, 2.45) is 0 Å². The summed E-state index contributed by atoms with van der Waals surface area (Å²) < 4.78 is 13.1. The molecule has 3 aromatic rings. The smallest absolute Gasteiger partial charge is 0.257 e. The maximum absolute atomic E-state index is 13.1. The minimum Gasteiger partial charge on any atom is -0.328 e. The van der Waals surface area contributed by atoms with Crippen LogP contribution in [0.1, 0.15) is 0 Å². The molecular weight excluding hydrogens is 231 g/mol. The molecule has 0 radical (unpaired) electrons. The van der Waals surface area contributed by atoms with E-state index < -0.39 is 0 Å². The lowest BCUT2D eigenvalue weighted by Crippen LogP contribution is -2.05. The lowest BCUT2D eigenvalue weighted by molar-refractivity contribution is 0.628. The van der Waals surface area contributed by atoms with Gasteiger partial charge in [-0.15, -0.1) is 0 Å². The number of nitrogens with one attached hydrogen (secondary N) is 1. The van der Waals surface area contributed by atoms with Crippen molar-refractivity contribution in [3.05, 3.63) is 64.8 Å². The Morgan fingerprint density at radius 1 is 1.11 bits per heavy atom. The van der Waals surface area contributed by atoms with Crippen molar-refractivity contribution in [3.8, 4) is 11.3 Å². The van der Waals surface area contributed by atoms with Crippen LogP contribution in [0.5, 0.6) is 0 Å². The van der Waals surface area contributed by atoms with E-state index in [0.717, 1.165) is 0 Å². The Kier molecular flexibility index (Phi) is 2.41. The Hall–Kier alpha value is -2.49. The molecule has 0 saturated carbocycles. The number of rotatable bonds is 1. The van der Waals surface area contributed by atoms with Crippen LogP contribution in [0.4, 0.5) is 4.39 Å². The zero-order valence-electron chi connectivity index (χ0n) is 9.35. The number of aromatic amines is 1. The van der Waals surface area contributed by atoms with Crippen molar-refractivity contribution >= 4 is 10.9 Å². The van der Waals surface area contributed by atoms with Crippen molar-refractivity contribution < 1.29 is 4.39 Å². The molecule has 0 aliphatic heterocycles. The van der Waals surface area contributed by atoms with Gasteiger partial charge in [0.15, 0.2) is 0 Å². The van der Waals surface area contributed by atoms with Gasteiger partial charge < -0.3 is 4.98 Å². The monoisotopic (exact) mass is 240 g/mol. The van der Waals surface area contributed by atoms with Gasteiger partial charge in [0.25, 0.3) is 5.56 Å². The molecule has 2 heterocycles. The SMILES string of the molecule is O=c1[nH]ccc2nc(-c3cccc(F)c3)ccc12. The van der Waals surface area contributed by atoms with Crippen molar-refractivity contribution in [1.82, 2.24) is 9.97 Å². The predicted octanol–water partition coefficient (Wildman–Crippen LogP) is 2.73. The first-order valence-electron chi connectivity index (χ1n) is 5.48. The first-order chi connectivity index (χ1) is 8.74. The Bertz CT molecular complexity index is 780. The molecule has 0 fully saturated rings. The molecule has 2 aromatic heterocycles. The molecular formula is C14H9FN2O. The number of halogens is 1. The van der Waals surface area contributed by atoms with Gasteiger partial charge in [-0.25, -0.2) is 9.37 Å². The third kappa shape index (κ3) is 1.78. The first kappa shape index (κ1) is 10.7. The topological polar surface area (TPSA) is 45.8 Å². The van der Waals surface area contributed by atoms with Crippen LogP contribution in [-0.4, -0.2) is 9.97 Å². The van der Waals surface area contributed by atoms with E-state index in [1.807, 2.05) is 0 Å². The molecule has 0 amide bonds. The van der Waals surface area contributed by atoms with Gasteiger partial charge in [-0.1, -0.05) is 12.1 Å². The number of H-pyrrole nitrogens is 1. The second-order valence-electron chi connectivity index (χ2n) is 3.95. The van der Waals surface area contributed by atoms with E-state index in [-0.39, 0.29) is 11.4 Å². The number of hydrogen-bond donors (Lipinski definition) is 1. The summed E-state index contributed by atoms with van der Waals surface area (Å²) in [6.07, 6.45) is 1.55. The maximum atomic E-state index is 13.1. The second kappa shape index (κ2) is 4.07. The van der Waals surface area contributed by atoms with Crippen LogP contribution in [0.15, 0.2) is 53.5 Å². The molecule has 0 unspecified atom stereocenters. The van der Waals surface area contributed by atoms with E-state index >= 15 is 0 Å². The molecule has 0 atom stereocenters. The third-order valence-electron chi connectivity index (χ3n) is 2.75. The van der Waals surface area contributed by atoms with E-state index in [1.165, 1.54) is 12.1 Å². The van der Waals surface area contributed by atoms with E-state index in [2.05, 4.69) is 9.97 Å². The summed E-state index contributed by atoms with van der Waals surface area (Å²) >= 11 is 0. The van der Waals surface area contributed by atoms with Gasteiger partial charge in [-0.3, -0.25) is 4.79 Å². The van der Waals surface area contributed by atoms with Crippen molar-refractivity contribution in [3.63, 3.8) is 0 Å². The van der Waals surface area contributed by atoms with Crippen LogP contribution in [0.3, 0.4) is 0 Å². The fraction of sp³-hybridized carbons (Fsp3) is 0. The fourth-order valence-electron chi connectivity index (χ4n) is 1.88. The van der Waals surface area contributed by atoms with E-state index in [9.17, 15) is 9.18 Å². The van der Waals surface area contributed by atoms with Gasteiger partial charge in [0.05, 0.1) is 16.6 Å². The molecule has 18 heavy (non-hydrogen) atoms. The van der Waals surface area contributed by atoms with Gasteiger partial charge in [0.1, 0.15) is 5.82 Å². The van der Waals surface area contributed by atoms with Gasteiger partial charge in [-0.05, 0) is 30.3 Å². The number of hydrogen-bond acceptors (Lipinski definition) is 2. The molecule has 0 aliphatic carbocycles. The molecule has 0 spiro atoms. The van der Waals surface area contributed by atoms with Crippen molar-refractivity contribution in [2.75, 3.05) is 0 Å². The normalized spacial score (nSPS) is 10.7. The molecule has 1 N–H and O–H groups in total. The third-order valence-corrected chi connectivity index (χ3v) is 2.75. The molecule has 88 valence electrons. The molecule has 0 bridgehead atoms. The second-order valence-corrected chi connectivity index (χ2v) is 3.95. The molecule has 0 aliphatic rings. The van der Waals surface area contributed by atoms with Crippen LogP contribution in [0.25, 0.3) is 22.2 Å². The zero-order chi connectivity index (χ0) is 12.5. The molecule has 1 aromatic carbocycles. The minimum atomic E-state index is -0.305. The molecule has 0 saturated heterocycles. The van der Waals surface area contributed by atoms with Crippen molar-refractivity contribution in [1.29, 1.82) is 0 Å². The van der Waals surface area contributed by atoms with E-state index in [1.54, 1.807) is 36.5 Å². The van der Waals surface area contributed by atoms with Crippen LogP contribution in [0.2, 0.25) is 0 Å². The number of pyridine rings is 2. The van der Waals surface area contributed by atoms with Crippen LogP contribution in [0, 0.1) is 5.82 Å². The summed E-state index contributed by atoms with van der Waals surface area (Å²) in [6.45, 7) is 0. The quantitative estimate of drug-likeness (QED) is 0.710. The average molecular weight is 240 g/mol. The van der Waals surface area contributed by atoms with Gasteiger partial charge >= 0.3 is 0 Å². The van der Waals surface area contributed by atoms with E-state index in [0.29, 0.717) is 22.2 Å². The maximum Gasteiger partial charge on any atom is 0.257 e. The largest absolute Gasteiger partial charge is 0.328 e. The lowest BCUT2D eigenvalue weighted by Gasteiger charge is -2.02. The number of benzene rings is 1. The Morgan fingerprint density at radius 2 is 2.00 bits per heavy atom. The number of fused-ring (bicyclic) bond motifs is 1. The molecule has 3 rings (SSSR count). The summed E-state index contributed by atoms with van der Waals surface area (Å²) in [4.78, 5) is 18.5. The molecule has 4 heteroatoms. The first-order valence-corrected chi connectivity index (χ1v) is 5.48. The van der Waals surface area contributed by atoms with Crippen LogP contribution < -0.4 is 5.56 Å². The van der Waals surface area contributed by atoms with Gasteiger partial charge in [0.2, 0.25) is 0 Å². The number of aromatic nitrogens is 2.